The minimum absolute atomic E-state index is 0.577. The smallest absolute Gasteiger partial charge is 0.141 e. The lowest BCUT2D eigenvalue weighted by Gasteiger charge is -2.02. The minimum atomic E-state index is 0.577. The Morgan fingerprint density at radius 2 is 2.21 bits per heavy atom. The molecule has 2 heterocycles. The van der Waals surface area contributed by atoms with Crippen molar-refractivity contribution in [2.45, 2.75) is 19.4 Å². The molecule has 3 heteroatoms. The summed E-state index contributed by atoms with van der Waals surface area (Å²) in [6.45, 7) is 1.09. The number of hydrogen-bond donors (Lipinski definition) is 0. The molecule has 2 aromatic heterocycles. The van der Waals surface area contributed by atoms with Crippen LogP contribution in [0.1, 0.15) is 12.8 Å². The van der Waals surface area contributed by atoms with E-state index in [1.54, 1.807) is 0 Å². The second kappa shape index (κ2) is 2.99. The van der Waals surface area contributed by atoms with Crippen molar-refractivity contribution in [2.75, 3.05) is 0 Å². The largest absolute Gasteiger partial charge is 0.332 e. The first kappa shape index (κ1) is 8.30. The second-order valence-corrected chi connectivity index (χ2v) is 4.35. The van der Waals surface area contributed by atoms with E-state index in [0.717, 1.165) is 18.1 Å². The number of fused-ring (bicyclic) bond motifs is 1. The van der Waals surface area contributed by atoms with Crippen molar-refractivity contribution in [3.63, 3.8) is 0 Å². The Kier molecular flexibility index (Phi) is 1.77. The molecule has 0 saturated heterocycles. The molecule has 1 fully saturated rings. The summed E-state index contributed by atoms with van der Waals surface area (Å²) in [4.78, 5) is 4.34. The van der Waals surface area contributed by atoms with Crippen LogP contribution in [0.25, 0.3) is 11.0 Å². The third-order valence-corrected chi connectivity index (χ3v) is 2.94. The molecule has 3 rings (SSSR count). The zero-order valence-corrected chi connectivity index (χ0v) is 8.54. The van der Waals surface area contributed by atoms with Gasteiger partial charge >= 0.3 is 0 Å². The van der Waals surface area contributed by atoms with Gasteiger partial charge in [0.15, 0.2) is 0 Å². The summed E-state index contributed by atoms with van der Waals surface area (Å²) < 4.78 is 2.21. The highest BCUT2D eigenvalue weighted by Gasteiger charge is 2.22. The normalized spacial score (nSPS) is 16.4. The highest BCUT2D eigenvalue weighted by molar-refractivity contribution is 6.29. The van der Waals surface area contributed by atoms with Crippen molar-refractivity contribution in [3.05, 3.63) is 29.5 Å². The van der Waals surface area contributed by atoms with Crippen LogP contribution in [-0.4, -0.2) is 9.55 Å². The number of rotatable bonds is 2. The molecule has 0 aromatic carbocycles. The highest BCUT2D eigenvalue weighted by Crippen LogP contribution is 2.31. The summed E-state index contributed by atoms with van der Waals surface area (Å²) in [6, 6.07) is 5.96. The molecular weight excluding hydrogens is 196 g/mol. The zero-order chi connectivity index (χ0) is 9.54. The Hall–Kier alpha value is -1.02. The molecule has 0 aliphatic heterocycles. The molecular formula is C11H11ClN2. The van der Waals surface area contributed by atoms with Crippen LogP contribution in [0.5, 0.6) is 0 Å². The molecule has 0 radical (unpaired) electrons. The molecule has 14 heavy (non-hydrogen) atoms. The average Bonchev–Trinajstić information content (AvgIpc) is 2.90. The number of hydrogen-bond acceptors (Lipinski definition) is 1. The molecule has 1 saturated carbocycles. The van der Waals surface area contributed by atoms with Crippen LogP contribution in [0.2, 0.25) is 5.15 Å². The maximum absolute atomic E-state index is 5.88. The van der Waals surface area contributed by atoms with Crippen LogP contribution in [0.4, 0.5) is 0 Å². The van der Waals surface area contributed by atoms with Crippen LogP contribution in [0, 0.1) is 5.92 Å². The van der Waals surface area contributed by atoms with Gasteiger partial charge in [-0.1, -0.05) is 11.6 Å². The van der Waals surface area contributed by atoms with Crippen molar-refractivity contribution in [3.8, 4) is 0 Å². The standard InChI is InChI=1S/C11H11ClN2/c12-10-4-3-9-5-6-14(11(9)13-10)7-8-1-2-8/h3-6,8H,1-2,7H2. The first-order valence-corrected chi connectivity index (χ1v) is 5.32. The molecule has 72 valence electrons. The Morgan fingerprint density at radius 3 is 3.00 bits per heavy atom. The van der Waals surface area contributed by atoms with Crippen molar-refractivity contribution < 1.29 is 0 Å². The summed E-state index contributed by atoms with van der Waals surface area (Å²) in [5.41, 5.74) is 1.02. The van der Waals surface area contributed by atoms with Gasteiger partial charge in [-0.2, -0.15) is 0 Å². The summed E-state index contributed by atoms with van der Waals surface area (Å²) in [6.07, 6.45) is 4.83. The molecule has 2 nitrogen and oxygen atoms in total. The molecule has 0 unspecified atom stereocenters. The van der Waals surface area contributed by atoms with Crippen LogP contribution < -0.4 is 0 Å². The topological polar surface area (TPSA) is 17.8 Å². The number of halogens is 1. The van der Waals surface area contributed by atoms with E-state index in [4.69, 9.17) is 11.6 Å². The van der Waals surface area contributed by atoms with E-state index in [9.17, 15) is 0 Å². The van der Waals surface area contributed by atoms with Crippen LogP contribution in [0.15, 0.2) is 24.4 Å². The van der Waals surface area contributed by atoms with E-state index < -0.39 is 0 Å². The fraction of sp³-hybridized carbons (Fsp3) is 0.364. The van der Waals surface area contributed by atoms with E-state index >= 15 is 0 Å². The zero-order valence-electron chi connectivity index (χ0n) is 7.78. The molecule has 0 N–H and O–H groups in total. The summed E-state index contributed by atoms with van der Waals surface area (Å²) >= 11 is 5.88. The van der Waals surface area contributed by atoms with Crippen molar-refractivity contribution in [1.82, 2.24) is 9.55 Å². The molecule has 0 bridgehead atoms. The van der Waals surface area contributed by atoms with Crippen LogP contribution in [0.3, 0.4) is 0 Å². The summed E-state index contributed by atoms with van der Waals surface area (Å²) in [7, 11) is 0. The Balaban J connectivity index is 2.08. The molecule has 0 spiro atoms. The van der Waals surface area contributed by atoms with Gasteiger partial charge in [0.1, 0.15) is 10.8 Å². The first-order valence-electron chi connectivity index (χ1n) is 4.94. The minimum Gasteiger partial charge on any atom is -0.332 e. The van der Waals surface area contributed by atoms with Gasteiger partial charge in [-0.15, -0.1) is 0 Å². The van der Waals surface area contributed by atoms with Gasteiger partial charge < -0.3 is 4.57 Å². The Labute approximate surface area is 87.5 Å². The van der Waals surface area contributed by atoms with Gasteiger partial charge in [-0.25, -0.2) is 4.98 Å². The summed E-state index contributed by atoms with van der Waals surface area (Å²) in [5, 5.41) is 1.75. The second-order valence-electron chi connectivity index (χ2n) is 3.96. The molecule has 0 atom stereocenters. The fourth-order valence-corrected chi connectivity index (χ4v) is 1.91. The van der Waals surface area contributed by atoms with Gasteiger partial charge in [0, 0.05) is 18.1 Å². The van der Waals surface area contributed by atoms with Gasteiger partial charge in [-0.3, -0.25) is 0 Å². The van der Waals surface area contributed by atoms with Crippen molar-refractivity contribution in [1.29, 1.82) is 0 Å². The van der Waals surface area contributed by atoms with E-state index in [-0.39, 0.29) is 0 Å². The van der Waals surface area contributed by atoms with Crippen molar-refractivity contribution in [2.24, 2.45) is 5.92 Å². The Morgan fingerprint density at radius 1 is 1.36 bits per heavy atom. The molecule has 2 aromatic rings. The maximum Gasteiger partial charge on any atom is 0.141 e. The van der Waals surface area contributed by atoms with E-state index in [1.807, 2.05) is 12.1 Å². The van der Waals surface area contributed by atoms with Crippen LogP contribution in [-0.2, 0) is 6.54 Å². The predicted octanol–water partition coefficient (Wildman–Crippen LogP) is 3.10. The lowest BCUT2D eigenvalue weighted by atomic mass is 10.3. The van der Waals surface area contributed by atoms with Crippen LogP contribution >= 0.6 is 11.6 Å². The van der Waals surface area contributed by atoms with E-state index in [1.165, 1.54) is 18.2 Å². The highest BCUT2D eigenvalue weighted by atomic mass is 35.5. The first-order chi connectivity index (χ1) is 6.83. The number of aromatic nitrogens is 2. The quantitative estimate of drug-likeness (QED) is 0.691. The predicted molar refractivity (Wildman–Crippen MR) is 57.5 cm³/mol. The molecule has 1 aliphatic carbocycles. The monoisotopic (exact) mass is 206 g/mol. The van der Waals surface area contributed by atoms with E-state index in [0.29, 0.717) is 5.15 Å². The fourth-order valence-electron chi connectivity index (χ4n) is 1.76. The summed E-state index contributed by atoms with van der Waals surface area (Å²) in [5.74, 6) is 0.867. The number of nitrogens with zero attached hydrogens (tertiary/aromatic N) is 2. The van der Waals surface area contributed by atoms with Gasteiger partial charge in [0.2, 0.25) is 0 Å². The molecule has 0 amide bonds. The van der Waals surface area contributed by atoms with Gasteiger partial charge in [0.25, 0.3) is 0 Å². The third-order valence-electron chi connectivity index (χ3n) is 2.73. The van der Waals surface area contributed by atoms with Crippen molar-refractivity contribution >= 4 is 22.6 Å². The lowest BCUT2D eigenvalue weighted by molar-refractivity contribution is 0.643. The Bertz CT molecular complexity index is 471. The van der Waals surface area contributed by atoms with E-state index in [2.05, 4.69) is 21.8 Å². The number of pyridine rings is 1. The maximum atomic E-state index is 5.88. The molecule has 1 aliphatic rings. The van der Waals surface area contributed by atoms with Gasteiger partial charge in [-0.05, 0) is 37.0 Å². The third kappa shape index (κ3) is 1.40. The lowest BCUT2D eigenvalue weighted by Crippen LogP contribution is -1.98. The van der Waals surface area contributed by atoms with Gasteiger partial charge in [0.05, 0.1) is 0 Å². The SMILES string of the molecule is Clc1ccc2ccn(CC3CC3)c2n1. The average molecular weight is 207 g/mol.